The first-order valence-corrected chi connectivity index (χ1v) is 15.6. The van der Waals surface area contributed by atoms with Crippen molar-refractivity contribution in [3.63, 3.8) is 0 Å². The lowest BCUT2D eigenvalue weighted by molar-refractivity contribution is -0.139. The van der Waals surface area contributed by atoms with Gasteiger partial charge in [0.2, 0.25) is 5.91 Å². The fourth-order valence-electron chi connectivity index (χ4n) is 6.39. The van der Waals surface area contributed by atoms with E-state index in [1.54, 1.807) is 35.5 Å². The fourth-order valence-corrected chi connectivity index (χ4v) is 6.39. The Hall–Kier alpha value is -4.47. The molecule has 0 radical (unpaired) electrons. The smallest absolute Gasteiger partial charge is 0.416 e. The summed E-state index contributed by atoms with van der Waals surface area (Å²) in [5.41, 5.74) is 2.51. The standard InChI is InChI=1S/C34H36F3N7O2/c1-3-23-20-44(21-25-15-27(18-40-32(23)25)46-30-7-8-39-33-28(30)16-26(17-38)41-33)31(45)14-22-5-6-24(29(13-22)34(35,36)37)19-43-11-9-42(4-2)10-12-43/h5-8,13,15-16,18,23H,3-4,9-12,14,19-21H2,1-2H3,(H,39,41)/t23-/m1/s1. The van der Waals surface area contributed by atoms with Gasteiger partial charge in [-0.25, -0.2) is 4.98 Å². The van der Waals surface area contributed by atoms with Gasteiger partial charge in [0.15, 0.2) is 0 Å². The van der Waals surface area contributed by atoms with Crippen molar-refractivity contribution in [2.75, 3.05) is 39.3 Å². The number of nitrogens with one attached hydrogen (secondary N) is 1. The summed E-state index contributed by atoms with van der Waals surface area (Å²) in [7, 11) is 0. The molecule has 5 heterocycles. The molecule has 0 saturated carbocycles. The Morgan fingerprint density at radius 2 is 1.87 bits per heavy atom. The van der Waals surface area contributed by atoms with E-state index in [1.807, 2.05) is 13.0 Å². The number of H-pyrrole nitrogens is 1. The summed E-state index contributed by atoms with van der Waals surface area (Å²) in [4.78, 5) is 31.5. The van der Waals surface area contributed by atoms with Gasteiger partial charge < -0.3 is 19.5 Å². The SMILES string of the molecule is CC[C@@H]1CN(C(=O)Cc2ccc(CN3CCN(CC)CC3)c(C(F)(F)F)c2)Cc2cc(Oc3ccnc4[nH]c(C#N)cc34)cnc21. The van der Waals surface area contributed by atoms with E-state index in [9.17, 15) is 23.2 Å². The number of alkyl halides is 3. The highest BCUT2D eigenvalue weighted by molar-refractivity contribution is 5.84. The summed E-state index contributed by atoms with van der Waals surface area (Å²) in [6.45, 7) is 9.13. The highest BCUT2D eigenvalue weighted by Gasteiger charge is 2.35. The van der Waals surface area contributed by atoms with Gasteiger partial charge in [0.1, 0.15) is 28.9 Å². The summed E-state index contributed by atoms with van der Waals surface area (Å²) >= 11 is 0. The summed E-state index contributed by atoms with van der Waals surface area (Å²) in [5, 5.41) is 9.91. The minimum atomic E-state index is -4.52. The number of hydrogen-bond acceptors (Lipinski definition) is 7. The molecule has 1 N–H and O–H groups in total. The summed E-state index contributed by atoms with van der Waals surface area (Å²) in [6.07, 6.45) is -0.672. The minimum absolute atomic E-state index is 0.0153. The van der Waals surface area contributed by atoms with Crippen molar-refractivity contribution in [3.05, 3.63) is 82.4 Å². The Kier molecular flexibility index (Phi) is 8.97. The number of aromatic nitrogens is 3. The van der Waals surface area contributed by atoms with Crippen molar-refractivity contribution in [2.24, 2.45) is 0 Å². The molecule has 1 aromatic carbocycles. The molecule has 2 aliphatic rings. The Morgan fingerprint density at radius 1 is 1.09 bits per heavy atom. The van der Waals surface area contributed by atoms with Crippen molar-refractivity contribution in [1.82, 2.24) is 29.7 Å². The molecule has 0 spiro atoms. The molecule has 12 heteroatoms. The van der Waals surface area contributed by atoms with Crippen molar-refractivity contribution in [2.45, 2.75) is 51.9 Å². The summed E-state index contributed by atoms with van der Waals surface area (Å²) in [5.74, 6) is 0.724. The third kappa shape index (κ3) is 6.71. The summed E-state index contributed by atoms with van der Waals surface area (Å²) in [6, 6.07) is 11.6. The molecule has 0 bridgehead atoms. The number of hydrogen-bond donors (Lipinski definition) is 1. The van der Waals surface area contributed by atoms with E-state index in [0.29, 0.717) is 40.3 Å². The maximum absolute atomic E-state index is 14.2. The predicted molar refractivity (Wildman–Crippen MR) is 166 cm³/mol. The van der Waals surface area contributed by atoms with Gasteiger partial charge >= 0.3 is 6.18 Å². The second kappa shape index (κ2) is 13.1. The number of benzene rings is 1. The number of rotatable bonds is 8. The number of piperazine rings is 1. The van der Waals surface area contributed by atoms with E-state index < -0.39 is 11.7 Å². The molecule has 46 heavy (non-hydrogen) atoms. The zero-order valence-corrected chi connectivity index (χ0v) is 25.9. The van der Waals surface area contributed by atoms with Crippen LogP contribution in [0.5, 0.6) is 11.5 Å². The van der Waals surface area contributed by atoms with Crippen molar-refractivity contribution < 1.29 is 22.7 Å². The van der Waals surface area contributed by atoms with Gasteiger partial charge in [-0.1, -0.05) is 26.0 Å². The second-order valence-corrected chi connectivity index (χ2v) is 11.9. The molecule has 240 valence electrons. The molecule has 3 aromatic heterocycles. The molecule has 0 unspecified atom stereocenters. The molecule has 2 aliphatic heterocycles. The van der Waals surface area contributed by atoms with Crippen LogP contribution in [-0.2, 0) is 30.5 Å². The molecule has 1 amide bonds. The van der Waals surface area contributed by atoms with Crippen LogP contribution in [0.15, 0.2) is 48.8 Å². The Balaban J connectivity index is 1.18. The largest absolute Gasteiger partial charge is 0.455 e. The molecule has 1 atom stereocenters. The van der Waals surface area contributed by atoms with E-state index in [-0.39, 0.29) is 36.9 Å². The number of aromatic amines is 1. The van der Waals surface area contributed by atoms with Gasteiger partial charge in [0.25, 0.3) is 0 Å². The van der Waals surface area contributed by atoms with E-state index in [4.69, 9.17) is 4.74 Å². The van der Waals surface area contributed by atoms with Crippen molar-refractivity contribution >= 4 is 16.9 Å². The molecule has 9 nitrogen and oxygen atoms in total. The van der Waals surface area contributed by atoms with E-state index >= 15 is 0 Å². The van der Waals surface area contributed by atoms with Gasteiger partial charge in [0.05, 0.1) is 29.3 Å². The molecular formula is C34H36F3N7O2. The van der Waals surface area contributed by atoms with E-state index in [2.05, 4.69) is 37.7 Å². The van der Waals surface area contributed by atoms with Crippen LogP contribution in [0.2, 0.25) is 0 Å². The monoisotopic (exact) mass is 631 g/mol. The third-order valence-corrected chi connectivity index (χ3v) is 8.99. The van der Waals surface area contributed by atoms with Gasteiger partial charge in [-0.3, -0.25) is 14.7 Å². The van der Waals surface area contributed by atoms with E-state index in [0.717, 1.165) is 56.5 Å². The van der Waals surface area contributed by atoms with Gasteiger partial charge in [-0.2, -0.15) is 18.4 Å². The predicted octanol–water partition coefficient (Wildman–Crippen LogP) is 5.86. The average Bonchev–Trinajstić information content (AvgIpc) is 3.49. The first kappa shape index (κ1) is 31.5. The normalized spacial score (nSPS) is 17.6. The zero-order valence-electron chi connectivity index (χ0n) is 25.9. The average molecular weight is 632 g/mol. The van der Waals surface area contributed by atoms with Crippen molar-refractivity contribution in [1.29, 1.82) is 5.26 Å². The molecular weight excluding hydrogens is 595 g/mol. The van der Waals surface area contributed by atoms with Crippen LogP contribution in [0.1, 0.15) is 59.8 Å². The number of amides is 1. The first-order valence-electron chi connectivity index (χ1n) is 15.6. The number of likely N-dealkylation sites (N-methyl/N-ethyl adjacent to an activating group) is 1. The van der Waals surface area contributed by atoms with Gasteiger partial charge in [-0.15, -0.1) is 0 Å². The Labute approximate surface area is 265 Å². The van der Waals surface area contributed by atoms with Gasteiger partial charge in [-0.05, 0) is 53.9 Å². The van der Waals surface area contributed by atoms with Crippen LogP contribution < -0.4 is 4.74 Å². The zero-order chi connectivity index (χ0) is 32.4. The lowest BCUT2D eigenvalue weighted by Gasteiger charge is -2.34. The Bertz CT molecular complexity index is 1770. The number of ether oxygens (including phenoxy) is 1. The topological polar surface area (TPSA) is 101 Å². The van der Waals surface area contributed by atoms with Crippen LogP contribution in [0.25, 0.3) is 11.0 Å². The second-order valence-electron chi connectivity index (χ2n) is 11.9. The highest BCUT2D eigenvalue weighted by atomic mass is 19.4. The number of halogens is 3. The first-order chi connectivity index (χ1) is 22.1. The number of nitriles is 1. The number of pyridine rings is 2. The van der Waals surface area contributed by atoms with Gasteiger partial charge in [0, 0.05) is 57.9 Å². The maximum atomic E-state index is 14.2. The fraction of sp³-hybridized carbons (Fsp3) is 0.412. The number of carbonyl (C=O) groups is 1. The number of fused-ring (bicyclic) bond motifs is 2. The van der Waals surface area contributed by atoms with Crippen LogP contribution in [0.3, 0.4) is 0 Å². The Morgan fingerprint density at radius 3 is 2.59 bits per heavy atom. The molecule has 1 fully saturated rings. The third-order valence-electron chi connectivity index (χ3n) is 8.99. The van der Waals surface area contributed by atoms with Crippen molar-refractivity contribution in [3.8, 4) is 17.6 Å². The van der Waals surface area contributed by atoms with Crippen LogP contribution >= 0.6 is 0 Å². The van der Waals surface area contributed by atoms with E-state index in [1.165, 1.54) is 6.07 Å². The molecule has 1 saturated heterocycles. The van der Waals surface area contributed by atoms with Crippen LogP contribution in [-0.4, -0.2) is 74.8 Å². The lowest BCUT2D eigenvalue weighted by atomic mass is 9.92. The molecule has 6 rings (SSSR count). The molecule has 0 aliphatic carbocycles. The van der Waals surface area contributed by atoms with Crippen LogP contribution in [0, 0.1) is 11.3 Å². The summed E-state index contributed by atoms with van der Waals surface area (Å²) < 4.78 is 48.7. The number of carbonyl (C=O) groups excluding carboxylic acids is 1. The highest BCUT2D eigenvalue weighted by Crippen LogP contribution is 2.36. The maximum Gasteiger partial charge on any atom is 0.416 e. The molecule has 4 aromatic rings. The quantitative estimate of drug-likeness (QED) is 0.260. The van der Waals surface area contributed by atoms with Crippen LogP contribution in [0.4, 0.5) is 13.2 Å². The lowest BCUT2D eigenvalue weighted by Crippen LogP contribution is -2.45. The number of nitrogens with zero attached hydrogens (tertiary/aromatic N) is 6. The minimum Gasteiger partial charge on any atom is -0.455 e.